The van der Waals surface area contributed by atoms with Crippen molar-refractivity contribution in [2.45, 2.75) is 53.0 Å². The maximum Gasteiger partial charge on any atom is 0.133 e. The molecule has 0 aromatic carbocycles. The minimum Gasteiger partial charge on any atom is -0.360 e. The van der Waals surface area contributed by atoms with Crippen molar-refractivity contribution in [2.24, 2.45) is 11.7 Å². The quantitative estimate of drug-likeness (QED) is 0.858. The summed E-state index contributed by atoms with van der Waals surface area (Å²) in [5.41, 5.74) is 7.11. The van der Waals surface area contributed by atoms with Gasteiger partial charge in [-0.05, 0) is 19.3 Å². The Labute approximate surface area is 117 Å². The summed E-state index contributed by atoms with van der Waals surface area (Å²) in [5.74, 6) is 2.78. The summed E-state index contributed by atoms with van der Waals surface area (Å²) in [7, 11) is 2.07. The Morgan fingerprint density at radius 2 is 1.84 bits per heavy atom. The van der Waals surface area contributed by atoms with Gasteiger partial charge in [0.25, 0.3) is 0 Å². The van der Waals surface area contributed by atoms with E-state index in [1.807, 2.05) is 13.0 Å². The van der Waals surface area contributed by atoms with Crippen LogP contribution in [0.5, 0.6) is 0 Å². The lowest BCUT2D eigenvalue weighted by Crippen LogP contribution is -2.32. The lowest BCUT2D eigenvalue weighted by molar-refractivity contribution is 0.465. The number of nitrogens with two attached hydrogens (primary N) is 1. The van der Waals surface area contributed by atoms with E-state index in [1.165, 1.54) is 0 Å². The molecule has 0 amide bonds. The predicted octanol–water partition coefficient (Wildman–Crippen LogP) is 2.72. The van der Waals surface area contributed by atoms with Gasteiger partial charge in [-0.2, -0.15) is 0 Å². The van der Waals surface area contributed by atoms with E-state index in [1.54, 1.807) is 0 Å². The molecular formula is C15H28N4. The minimum atomic E-state index is 0.245. The normalized spacial score (nSPS) is 13.1. The van der Waals surface area contributed by atoms with Crippen LogP contribution in [0, 0.1) is 12.8 Å². The Morgan fingerprint density at radius 3 is 2.37 bits per heavy atom. The van der Waals surface area contributed by atoms with Gasteiger partial charge in [0.15, 0.2) is 0 Å². The third-order valence-electron chi connectivity index (χ3n) is 3.42. The number of anilines is 1. The predicted molar refractivity (Wildman–Crippen MR) is 81.6 cm³/mol. The Bertz CT molecular complexity index is 401. The van der Waals surface area contributed by atoms with Crippen molar-refractivity contribution in [3.8, 4) is 0 Å². The fourth-order valence-corrected chi connectivity index (χ4v) is 1.82. The van der Waals surface area contributed by atoms with Crippen LogP contribution in [-0.2, 0) is 0 Å². The summed E-state index contributed by atoms with van der Waals surface area (Å²) >= 11 is 0. The molecule has 1 rings (SSSR count). The minimum absolute atomic E-state index is 0.245. The number of rotatable bonds is 6. The zero-order valence-corrected chi connectivity index (χ0v) is 13.1. The molecule has 108 valence electrons. The summed E-state index contributed by atoms with van der Waals surface area (Å²) < 4.78 is 0. The highest BCUT2D eigenvalue weighted by molar-refractivity contribution is 5.38. The standard InChI is InChI=1S/C15H28N4/c1-10(2)13(16)7-8-19(6)14-9-12(5)17-15(18-14)11(3)4/h9-11,13H,7-8,16H2,1-6H3. The van der Waals surface area contributed by atoms with Crippen LogP contribution < -0.4 is 10.6 Å². The first-order valence-corrected chi connectivity index (χ1v) is 7.13. The summed E-state index contributed by atoms with van der Waals surface area (Å²) in [6.45, 7) is 11.5. The first-order chi connectivity index (χ1) is 8.81. The number of aryl methyl sites for hydroxylation is 1. The summed E-state index contributed by atoms with van der Waals surface area (Å²) in [5, 5.41) is 0. The molecule has 1 atom stereocenters. The molecule has 0 saturated carbocycles. The van der Waals surface area contributed by atoms with E-state index >= 15 is 0 Å². The number of nitrogens with zero attached hydrogens (tertiary/aromatic N) is 3. The van der Waals surface area contributed by atoms with E-state index in [2.05, 4.69) is 49.6 Å². The molecule has 4 nitrogen and oxygen atoms in total. The van der Waals surface area contributed by atoms with Crippen molar-refractivity contribution in [1.29, 1.82) is 0 Å². The van der Waals surface area contributed by atoms with Crippen molar-refractivity contribution < 1.29 is 0 Å². The summed E-state index contributed by atoms with van der Waals surface area (Å²) in [6.07, 6.45) is 0.980. The van der Waals surface area contributed by atoms with Gasteiger partial charge in [-0.25, -0.2) is 9.97 Å². The molecule has 0 aliphatic rings. The first-order valence-electron chi connectivity index (χ1n) is 7.13. The average Bonchev–Trinajstić information content (AvgIpc) is 2.34. The monoisotopic (exact) mass is 264 g/mol. The summed E-state index contributed by atoms with van der Waals surface area (Å²) in [6, 6.07) is 2.28. The van der Waals surface area contributed by atoms with Gasteiger partial charge >= 0.3 is 0 Å². The van der Waals surface area contributed by atoms with E-state index in [4.69, 9.17) is 5.73 Å². The Kier molecular flexibility index (Phi) is 5.73. The smallest absolute Gasteiger partial charge is 0.133 e. The van der Waals surface area contributed by atoms with Gasteiger partial charge in [-0.3, -0.25) is 0 Å². The zero-order valence-electron chi connectivity index (χ0n) is 13.1. The van der Waals surface area contributed by atoms with Crippen LogP contribution in [0.25, 0.3) is 0 Å². The molecule has 1 unspecified atom stereocenters. The molecule has 0 fully saturated rings. The molecule has 0 spiro atoms. The molecule has 0 saturated heterocycles. The van der Waals surface area contributed by atoms with Crippen LogP contribution in [0.15, 0.2) is 6.07 Å². The first kappa shape index (κ1) is 15.9. The Balaban J connectivity index is 2.74. The second-order valence-corrected chi connectivity index (χ2v) is 6.00. The molecule has 0 aliphatic carbocycles. The summed E-state index contributed by atoms with van der Waals surface area (Å²) in [4.78, 5) is 11.3. The lowest BCUT2D eigenvalue weighted by Gasteiger charge is -2.23. The highest BCUT2D eigenvalue weighted by Crippen LogP contribution is 2.17. The lowest BCUT2D eigenvalue weighted by atomic mass is 10.0. The van der Waals surface area contributed by atoms with Gasteiger partial charge in [0.2, 0.25) is 0 Å². The molecule has 0 aliphatic heterocycles. The van der Waals surface area contributed by atoms with E-state index < -0.39 is 0 Å². The maximum absolute atomic E-state index is 6.09. The second kappa shape index (κ2) is 6.85. The average molecular weight is 264 g/mol. The molecule has 0 radical (unpaired) electrons. The molecule has 0 bridgehead atoms. The SMILES string of the molecule is Cc1cc(N(C)CCC(N)C(C)C)nc(C(C)C)n1. The van der Waals surface area contributed by atoms with Crippen molar-refractivity contribution in [3.63, 3.8) is 0 Å². The third kappa shape index (κ3) is 4.78. The fourth-order valence-electron chi connectivity index (χ4n) is 1.82. The second-order valence-electron chi connectivity index (χ2n) is 6.00. The zero-order chi connectivity index (χ0) is 14.6. The highest BCUT2D eigenvalue weighted by Gasteiger charge is 2.12. The van der Waals surface area contributed by atoms with Crippen LogP contribution in [0.1, 0.15) is 51.6 Å². The molecule has 1 heterocycles. The molecule has 2 N–H and O–H groups in total. The van der Waals surface area contributed by atoms with Gasteiger partial charge in [0.05, 0.1) is 0 Å². The van der Waals surface area contributed by atoms with Gasteiger partial charge in [-0.1, -0.05) is 27.7 Å². The van der Waals surface area contributed by atoms with Crippen molar-refractivity contribution in [2.75, 3.05) is 18.5 Å². The van der Waals surface area contributed by atoms with Crippen molar-refractivity contribution in [1.82, 2.24) is 9.97 Å². The third-order valence-corrected chi connectivity index (χ3v) is 3.42. The molecule has 1 aromatic rings. The molecule has 4 heteroatoms. The van der Waals surface area contributed by atoms with E-state index in [9.17, 15) is 0 Å². The number of hydrogen-bond acceptors (Lipinski definition) is 4. The van der Waals surface area contributed by atoms with Crippen LogP contribution >= 0.6 is 0 Å². The van der Waals surface area contributed by atoms with E-state index in [0.29, 0.717) is 11.8 Å². The molecule has 1 aromatic heterocycles. The van der Waals surface area contributed by atoms with Gasteiger partial charge in [-0.15, -0.1) is 0 Å². The van der Waals surface area contributed by atoms with Crippen molar-refractivity contribution >= 4 is 5.82 Å². The largest absolute Gasteiger partial charge is 0.360 e. The maximum atomic E-state index is 6.09. The van der Waals surface area contributed by atoms with Gasteiger partial charge in [0, 0.05) is 37.3 Å². The topological polar surface area (TPSA) is 55.0 Å². The van der Waals surface area contributed by atoms with Gasteiger partial charge < -0.3 is 10.6 Å². The Morgan fingerprint density at radius 1 is 1.21 bits per heavy atom. The molecule has 19 heavy (non-hydrogen) atoms. The van der Waals surface area contributed by atoms with Crippen molar-refractivity contribution in [3.05, 3.63) is 17.6 Å². The van der Waals surface area contributed by atoms with Crippen LogP contribution in [0.4, 0.5) is 5.82 Å². The van der Waals surface area contributed by atoms with E-state index in [0.717, 1.165) is 30.3 Å². The highest BCUT2D eigenvalue weighted by atomic mass is 15.2. The number of aromatic nitrogens is 2. The number of hydrogen-bond donors (Lipinski definition) is 1. The van der Waals surface area contributed by atoms with E-state index in [-0.39, 0.29) is 6.04 Å². The fraction of sp³-hybridized carbons (Fsp3) is 0.733. The van der Waals surface area contributed by atoms with Gasteiger partial charge in [0.1, 0.15) is 11.6 Å². The van der Waals surface area contributed by atoms with Crippen LogP contribution in [0.2, 0.25) is 0 Å². The Hall–Kier alpha value is -1.16. The van der Waals surface area contributed by atoms with Crippen LogP contribution in [-0.4, -0.2) is 29.6 Å². The molecular weight excluding hydrogens is 236 g/mol. The van der Waals surface area contributed by atoms with Crippen LogP contribution in [0.3, 0.4) is 0 Å².